The summed E-state index contributed by atoms with van der Waals surface area (Å²) in [7, 11) is 0. The summed E-state index contributed by atoms with van der Waals surface area (Å²) in [5.41, 5.74) is 4.04. The number of nitrogens with one attached hydrogen (secondary N) is 2. The van der Waals surface area contributed by atoms with Crippen LogP contribution in [0, 0.1) is 13.8 Å². The molecule has 0 radical (unpaired) electrons. The molecule has 140 valence electrons. The fourth-order valence-corrected chi connectivity index (χ4v) is 3.70. The van der Waals surface area contributed by atoms with Gasteiger partial charge in [-0.15, -0.1) is 0 Å². The Morgan fingerprint density at radius 1 is 1.26 bits per heavy atom. The normalized spacial score (nSPS) is 17.3. The Bertz CT molecular complexity index is 1040. The smallest absolute Gasteiger partial charge is 0.259 e. The van der Waals surface area contributed by atoms with Gasteiger partial charge in [0.2, 0.25) is 0 Å². The van der Waals surface area contributed by atoms with Gasteiger partial charge in [-0.05, 0) is 62.1 Å². The molecular weight excluding hydrogens is 340 g/mol. The second-order valence-corrected chi connectivity index (χ2v) is 7.14. The average Bonchev–Trinajstić information content (AvgIpc) is 2.61. The number of pyridine rings is 2. The molecule has 1 atom stereocenters. The predicted octanol–water partition coefficient (Wildman–Crippen LogP) is 3.51. The van der Waals surface area contributed by atoms with E-state index in [1.165, 1.54) is 11.3 Å². The van der Waals surface area contributed by atoms with E-state index in [0.29, 0.717) is 11.2 Å². The Morgan fingerprint density at radius 3 is 2.89 bits per heavy atom. The molecule has 4 rings (SSSR count). The lowest BCUT2D eigenvalue weighted by atomic mass is 10.1. The van der Waals surface area contributed by atoms with E-state index in [4.69, 9.17) is 4.74 Å². The molecule has 6 nitrogen and oxygen atoms in total. The fraction of sp³-hybridized carbons (Fsp3) is 0.333. The van der Waals surface area contributed by atoms with Crippen LogP contribution in [0.4, 0.5) is 17.2 Å². The van der Waals surface area contributed by atoms with Crippen LogP contribution in [0.15, 0.2) is 41.3 Å². The molecule has 0 aliphatic carbocycles. The van der Waals surface area contributed by atoms with Crippen molar-refractivity contribution in [2.75, 3.05) is 29.9 Å². The summed E-state index contributed by atoms with van der Waals surface area (Å²) in [6, 6.07) is 10.1. The molecule has 6 heteroatoms. The standard InChI is InChI=1S/C21H24N4O2/c1-13-10-17(4-5-18(13)25-8-9-27-15(3)12-25)24-20-19-16(11-14(2)23-20)6-7-22-21(19)26/h4-7,10-11,15H,8-9,12H2,1-3H3,(H,22,26)(H,23,24)/t15-/m1/s1. The van der Waals surface area contributed by atoms with Gasteiger partial charge in [-0.3, -0.25) is 4.79 Å². The summed E-state index contributed by atoms with van der Waals surface area (Å²) in [5, 5.41) is 4.79. The molecule has 0 saturated carbocycles. The van der Waals surface area contributed by atoms with E-state index in [0.717, 1.165) is 36.5 Å². The summed E-state index contributed by atoms with van der Waals surface area (Å²) in [4.78, 5) is 21.9. The van der Waals surface area contributed by atoms with Crippen molar-refractivity contribution in [1.29, 1.82) is 0 Å². The number of anilines is 3. The third-order valence-corrected chi connectivity index (χ3v) is 4.92. The number of aryl methyl sites for hydroxylation is 2. The number of nitrogens with zero attached hydrogens (tertiary/aromatic N) is 2. The van der Waals surface area contributed by atoms with Crippen LogP contribution in [0.2, 0.25) is 0 Å². The van der Waals surface area contributed by atoms with Crippen LogP contribution < -0.4 is 15.8 Å². The van der Waals surface area contributed by atoms with Gasteiger partial charge in [0, 0.05) is 36.4 Å². The Morgan fingerprint density at radius 2 is 2.11 bits per heavy atom. The summed E-state index contributed by atoms with van der Waals surface area (Å²) in [6.45, 7) is 8.69. The van der Waals surface area contributed by atoms with E-state index >= 15 is 0 Å². The van der Waals surface area contributed by atoms with Crippen LogP contribution in [-0.2, 0) is 4.74 Å². The van der Waals surface area contributed by atoms with Gasteiger partial charge in [0.05, 0.1) is 18.1 Å². The van der Waals surface area contributed by atoms with Crippen molar-refractivity contribution < 1.29 is 4.74 Å². The first-order chi connectivity index (χ1) is 13.0. The zero-order valence-corrected chi connectivity index (χ0v) is 15.9. The number of aromatic amines is 1. The topological polar surface area (TPSA) is 70.2 Å². The third kappa shape index (κ3) is 3.53. The van der Waals surface area contributed by atoms with Gasteiger partial charge in [-0.2, -0.15) is 0 Å². The van der Waals surface area contributed by atoms with Crippen molar-refractivity contribution >= 4 is 28.0 Å². The van der Waals surface area contributed by atoms with E-state index in [9.17, 15) is 4.79 Å². The zero-order valence-electron chi connectivity index (χ0n) is 15.9. The predicted molar refractivity (Wildman–Crippen MR) is 109 cm³/mol. The lowest BCUT2D eigenvalue weighted by Crippen LogP contribution is -2.41. The first-order valence-electron chi connectivity index (χ1n) is 9.24. The van der Waals surface area contributed by atoms with Crippen molar-refractivity contribution in [3.05, 3.63) is 58.1 Å². The number of hydrogen-bond donors (Lipinski definition) is 2. The van der Waals surface area contributed by atoms with Crippen LogP contribution in [-0.4, -0.2) is 35.8 Å². The highest BCUT2D eigenvalue weighted by Gasteiger charge is 2.18. The Labute approximate surface area is 158 Å². The lowest BCUT2D eigenvalue weighted by Gasteiger charge is -2.34. The molecule has 1 aliphatic heterocycles. The molecule has 0 unspecified atom stereocenters. The van der Waals surface area contributed by atoms with Crippen LogP contribution >= 0.6 is 0 Å². The Kier molecular flexibility index (Phi) is 4.58. The number of benzene rings is 1. The van der Waals surface area contributed by atoms with Crippen molar-refractivity contribution in [3.8, 4) is 0 Å². The average molecular weight is 364 g/mol. The van der Waals surface area contributed by atoms with E-state index < -0.39 is 0 Å². The highest BCUT2D eigenvalue weighted by Crippen LogP contribution is 2.28. The molecule has 27 heavy (non-hydrogen) atoms. The van der Waals surface area contributed by atoms with Crippen LogP contribution in [0.3, 0.4) is 0 Å². The third-order valence-electron chi connectivity index (χ3n) is 4.92. The minimum absolute atomic E-state index is 0.141. The second kappa shape index (κ2) is 7.04. The minimum atomic E-state index is -0.141. The van der Waals surface area contributed by atoms with Gasteiger partial charge in [0.25, 0.3) is 5.56 Å². The van der Waals surface area contributed by atoms with Gasteiger partial charge in [-0.25, -0.2) is 4.98 Å². The van der Waals surface area contributed by atoms with Crippen molar-refractivity contribution in [1.82, 2.24) is 9.97 Å². The summed E-state index contributed by atoms with van der Waals surface area (Å²) in [5.74, 6) is 0.582. The van der Waals surface area contributed by atoms with Crippen LogP contribution in [0.5, 0.6) is 0 Å². The summed E-state index contributed by atoms with van der Waals surface area (Å²) < 4.78 is 5.64. The Balaban J connectivity index is 1.67. The van der Waals surface area contributed by atoms with Gasteiger partial charge in [0.15, 0.2) is 0 Å². The number of rotatable bonds is 3. The molecule has 2 N–H and O–H groups in total. The van der Waals surface area contributed by atoms with E-state index in [1.807, 2.05) is 25.1 Å². The first kappa shape index (κ1) is 17.5. The fourth-order valence-electron chi connectivity index (χ4n) is 3.70. The molecule has 1 aliphatic rings. The molecule has 1 saturated heterocycles. The van der Waals surface area contributed by atoms with Gasteiger partial charge in [-0.1, -0.05) is 0 Å². The molecule has 0 bridgehead atoms. The van der Waals surface area contributed by atoms with Crippen molar-refractivity contribution in [2.24, 2.45) is 0 Å². The number of H-pyrrole nitrogens is 1. The molecule has 0 amide bonds. The molecule has 1 fully saturated rings. The number of morpholine rings is 1. The maximum Gasteiger partial charge on any atom is 0.259 e. The van der Waals surface area contributed by atoms with E-state index in [-0.39, 0.29) is 11.7 Å². The lowest BCUT2D eigenvalue weighted by molar-refractivity contribution is 0.0532. The summed E-state index contributed by atoms with van der Waals surface area (Å²) >= 11 is 0. The number of fused-ring (bicyclic) bond motifs is 1. The zero-order chi connectivity index (χ0) is 19.0. The monoisotopic (exact) mass is 364 g/mol. The van der Waals surface area contributed by atoms with Gasteiger partial charge in [0.1, 0.15) is 5.82 Å². The van der Waals surface area contributed by atoms with E-state index in [2.05, 4.69) is 46.2 Å². The quantitative estimate of drug-likeness (QED) is 0.744. The Hall–Kier alpha value is -2.86. The van der Waals surface area contributed by atoms with Gasteiger partial charge < -0.3 is 19.9 Å². The maximum atomic E-state index is 12.3. The summed E-state index contributed by atoms with van der Waals surface area (Å²) in [6.07, 6.45) is 1.90. The first-order valence-corrected chi connectivity index (χ1v) is 9.24. The highest BCUT2D eigenvalue weighted by molar-refractivity contribution is 5.92. The molecule has 1 aromatic carbocycles. The van der Waals surface area contributed by atoms with Crippen molar-refractivity contribution in [2.45, 2.75) is 26.9 Å². The van der Waals surface area contributed by atoms with Crippen LogP contribution in [0.1, 0.15) is 18.2 Å². The second-order valence-electron chi connectivity index (χ2n) is 7.14. The maximum absolute atomic E-state index is 12.3. The van der Waals surface area contributed by atoms with Crippen LogP contribution in [0.25, 0.3) is 10.8 Å². The minimum Gasteiger partial charge on any atom is -0.375 e. The molecule has 2 aromatic heterocycles. The van der Waals surface area contributed by atoms with Gasteiger partial charge >= 0.3 is 0 Å². The number of ether oxygens (including phenoxy) is 1. The molecule has 0 spiro atoms. The highest BCUT2D eigenvalue weighted by atomic mass is 16.5. The van der Waals surface area contributed by atoms with Crippen molar-refractivity contribution in [3.63, 3.8) is 0 Å². The SMILES string of the molecule is Cc1cc2cc[nH]c(=O)c2c(Nc2ccc(N3CCO[C@H](C)C3)c(C)c2)n1. The molecular formula is C21H24N4O2. The van der Waals surface area contributed by atoms with E-state index in [1.54, 1.807) is 6.20 Å². The largest absolute Gasteiger partial charge is 0.375 e. The number of aromatic nitrogens is 2. The number of hydrogen-bond acceptors (Lipinski definition) is 5. The molecule has 3 aromatic rings. The molecule has 3 heterocycles.